The number of unbranched alkanes of at least 4 members (excludes halogenated alkanes) is 10. The lowest BCUT2D eigenvalue weighted by Crippen LogP contribution is -2.14. The minimum absolute atomic E-state index is 0.190. The van der Waals surface area contributed by atoms with E-state index in [1.165, 1.54) is 64.2 Å². The summed E-state index contributed by atoms with van der Waals surface area (Å²) in [6, 6.07) is 0. The van der Waals surface area contributed by atoms with Gasteiger partial charge in [-0.2, -0.15) is 12.6 Å². The smallest absolute Gasteiger partial charge is 0.306 e. The van der Waals surface area contributed by atoms with E-state index >= 15 is 0 Å². The first-order valence-corrected chi connectivity index (χ1v) is 10.3. The molecule has 0 fully saturated rings. The maximum absolute atomic E-state index is 11.0. The van der Waals surface area contributed by atoms with Crippen LogP contribution >= 0.6 is 12.6 Å². The molecule has 1 N–H and O–H groups in total. The fourth-order valence-corrected chi connectivity index (χ4v) is 3.14. The molecule has 1 unspecified atom stereocenters. The first-order valence-electron chi connectivity index (χ1n) is 9.71. The fraction of sp³-hybridized carbons (Fsp3) is 0.850. The molecule has 0 aliphatic rings. The van der Waals surface area contributed by atoms with Gasteiger partial charge in [0.25, 0.3) is 0 Å². The number of carbonyl (C=O) groups is 1. The summed E-state index contributed by atoms with van der Waals surface area (Å²) in [6.45, 7) is 2.26. The molecule has 0 aromatic carbocycles. The standard InChI is InChI=1S/C20H38O2S/c1-2-3-4-5-6-7-8-9-10-11-12-13-14-15-16-19(17-18-23)20(21)22/h9-10,19,23H,2-8,11-18H2,1H3,(H,21,22)/b10-9-. The number of hydrogen-bond acceptors (Lipinski definition) is 2. The van der Waals surface area contributed by atoms with Gasteiger partial charge >= 0.3 is 5.97 Å². The van der Waals surface area contributed by atoms with E-state index in [0.29, 0.717) is 12.2 Å². The summed E-state index contributed by atoms with van der Waals surface area (Å²) in [7, 11) is 0. The average Bonchev–Trinajstić information content (AvgIpc) is 2.54. The van der Waals surface area contributed by atoms with E-state index in [-0.39, 0.29) is 5.92 Å². The Hall–Kier alpha value is -0.440. The second-order valence-corrected chi connectivity index (χ2v) is 7.01. The largest absolute Gasteiger partial charge is 0.481 e. The van der Waals surface area contributed by atoms with Crippen molar-refractivity contribution in [2.45, 2.75) is 96.8 Å². The van der Waals surface area contributed by atoms with Crippen molar-refractivity contribution < 1.29 is 9.90 Å². The molecular formula is C20H38O2S. The summed E-state index contributed by atoms with van der Waals surface area (Å²) in [5.41, 5.74) is 0. The highest BCUT2D eigenvalue weighted by Crippen LogP contribution is 2.16. The molecule has 1 atom stereocenters. The Balaban J connectivity index is 3.32. The highest BCUT2D eigenvalue weighted by Gasteiger charge is 2.15. The molecule has 0 radical (unpaired) electrons. The monoisotopic (exact) mass is 342 g/mol. The lowest BCUT2D eigenvalue weighted by molar-refractivity contribution is -0.142. The van der Waals surface area contributed by atoms with Crippen molar-refractivity contribution in [1.82, 2.24) is 0 Å². The molecular weight excluding hydrogens is 304 g/mol. The van der Waals surface area contributed by atoms with Crippen LogP contribution in [0.3, 0.4) is 0 Å². The topological polar surface area (TPSA) is 37.3 Å². The number of rotatable bonds is 17. The van der Waals surface area contributed by atoms with Gasteiger partial charge in [0.2, 0.25) is 0 Å². The predicted octanol–water partition coefficient (Wildman–Crippen LogP) is 6.65. The van der Waals surface area contributed by atoms with Crippen LogP contribution in [0.1, 0.15) is 96.8 Å². The van der Waals surface area contributed by atoms with Crippen molar-refractivity contribution in [1.29, 1.82) is 0 Å². The molecule has 0 aromatic heterocycles. The second kappa shape index (κ2) is 17.9. The molecule has 23 heavy (non-hydrogen) atoms. The van der Waals surface area contributed by atoms with Crippen LogP contribution in [0.15, 0.2) is 12.2 Å². The summed E-state index contributed by atoms with van der Waals surface area (Å²) in [5.74, 6) is -0.179. The summed E-state index contributed by atoms with van der Waals surface area (Å²) >= 11 is 4.13. The molecule has 136 valence electrons. The van der Waals surface area contributed by atoms with Gasteiger partial charge in [-0.1, -0.05) is 70.4 Å². The fourth-order valence-electron chi connectivity index (χ4n) is 2.83. The van der Waals surface area contributed by atoms with Crippen molar-refractivity contribution in [3.63, 3.8) is 0 Å². The number of carboxylic acid groups (broad SMARTS) is 1. The molecule has 0 saturated carbocycles. The first-order chi connectivity index (χ1) is 11.2. The van der Waals surface area contributed by atoms with Crippen LogP contribution in [0.5, 0.6) is 0 Å². The molecule has 0 aliphatic carbocycles. The summed E-state index contributed by atoms with van der Waals surface area (Å²) in [6.07, 6.45) is 21.4. The number of aliphatic carboxylic acids is 1. The van der Waals surface area contributed by atoms with E-state index in [1.54, 1.807) is 0 Å². The lowest BCUT2D eigenvalue weighted by Gasteiger charge is -2.10. The number of thiol groups is 1. The van der Waals surface area contributed by atoms with Gasteiger partial charge in [-0.15, -0.1) is 0 Å². The molecule has 2 nitrogen and oxygen atoms in total. The lowest BCUT2D eigenvalue weighted by atomic mass is 9.98. The van der Waals surface area contributed by atoms with Crippen LogP contribution in [0.25, 0.3) is 0 Å². The normalized spacial score (nSPS) is 12.8. The van der Waals surface area contributed by atoms with Crippen LogP contribution in [0.2, 0.25) is 0 Å². The molecule has 0 bridgehead atoms. The van der Waals surface area contributed by atoms with Gasteiger partial charge < -0.3 is 5.11 Å². The van der Waals surface area contributed by atoms with Crippen LogP contribution in [-0.2, 0) is 4.79 Å². The highest BCUT2D eigenvalue weighted by molar-refractivity contribution is 7.80. The summed E-state index contributed by atoms with van der Waals surface area (Å²) < 4.78 is 0. The summed E-state index contributed by atoms with van der Waals surface area (Å²) in [5, 5.41) is 9.07. The molecule has 3 heteroatoms. The molecule has 0 spiro atoms. The predicted molar refractivity (Wildman–Crippen MR) is 104 cm³/mol. The third-order valence-corrected chi connectivity index (χ3v) is 4.65. The molecule has 0 rings (SSSR count). The van der Waals surface area contributed by atoms with Crippen molar-refractivity contribution in [2.75, 3.05) is 5.75 Å². The molecule has 0 amide bonds. The van der Waals surface area contributed by atoms with Crippen molar-refractivity contribution in [3.8, 4) is 0 Å². The third-order valence-electron chi connectivity index (χ3n) is 4.39. The van der Waals surface area contributed by atoms with Crippen LogP contribution < -0.4 is 0 Å². The average molecular weight is 343 g/mol. The Kier molecular flexibility index (Phi) is 17.6. The molecule has 0 saturated heterocycles. The van der Waals surface area contributed by atoms with E-state index in [9.17, 15) is 4.79 Å². The SMILES string of the molecule is CCCCCCCC/C=C\CCCCCCC(CCS)C(=O)O. The Morgan fingerprint density at radius 2 is 1.39 bits per heavy atom. The number of carboxylic acids is 1. The minimum Gasteiger partial charge on any atom is -0.481 e. The van der Waals surface area contributed by atoms with E-state index in [2.05, 4.69) is 31.7 Å². The van der Waals surface area contributed by atoms with E-state index in [4.69, 9.17) is 5.11 Å². The molecule has 0 heterocycles. The van der Waals surface area contributed by atoms with Gasteiger partial charge in [-0.05, 0) is 44.3 Å². The van der Waals surface area contributed by atoms with Gasteiger partial charge in [0.15, 0.2) is 0 Å². The van der Waals surface area contributed by atoms with Gasteiger partial charge in [0.1, 0.15) is 0 Å². The molecule has 0 aliphatic heterocycles. The Morgan fingerprint density at radius 1 is 0.870 bits per heavy atom. The van der Waals surface area contributed by atoms with Gasteiger partial charge in [-0.25, -0.2) is 0 Å². The summed E-state index contributed by atoms with van der Waals surface area (Å²) in [4.78, 5) is 11.0. The Bertz CT molecular complexity index is 289. The maximum Gasteiger partial charge on any atom is 0.306 e. The van der Waals surface area contributed by atoms with E-state index in [1.807, 2.05) is 0 Å². The third kappa shape index (κ3) is 16.2. The van der Waals surface area contributed by atoms with Gasteiger partial charge in [0.05, 0.1) is 5.92 Å². The van der Waals surface area contributed by atoms with Crippen molar-refractivity contribution >= 4 is 18.6 Å². The Morgan fingerprint density at radius 3 is 1.91 bits per heavy atom. The van der Waals surface area contributed by atoms with Crippen LogP contribution in [0, 0.1) is 5.92 Å². The van der Waals surface area contributed by atoms with Crippen LogP contribution in [0.4, 0.5) is 0 Å². The van der Waals surface area contributed by atoms with E-state index in [0.717, 1.165) is 19.3 Å². The molecule has 0 aromatic rings. The maximum atomic E-state index is 11.0. The van der Waals surface area contributed by atoms with Crippen molar-refractivity contribution in [2.24, 2.45) is 5.92 Å². The van der Waals surface area contributed by atoms with Gasteiger partial charge in [-0.3, -0.25) is 4.79 Å². The van der Waals surface area contributed by atoms with E-state index < -0.39 is 5.97 Å². The number of hydrogen-bond donors (Lipinski definition) is 2. The zero-order chi connectivity index (χ0) is 17.2. The zero-order valence-corrected chi connectivity index (χ0v) is 16.0. The quantitative estimate of drug-likeness (QED) is 0.176. The second-order valence-electron chi connectivity index (χ2n) is 6.57. The van der Waals surface area contributed by atoms with Crippen molar-refractivity contribution in [3.05, 3.63) is 12.2 Å². The first kappa shape index (κ1) is 22.6. The number of allylic oxidation sites excluding steroid dienone is 2. The highest BCUT2D eigenvalue weighted by atomic mass is 32.1. The van der Waals surface area contributed by atoms with Gasteiger partial charge in [0, 0.05) is 0 Å². The minimum atomic E-state index is -0.656. The Labute approximate surface area is 149 Å². The van der Waals surface area contributed by atoms with Crippen LogP contribution in [-0.4, -0.2) is 16.8 Å². The zero-order valence-electron chi connectivity index (χ0n) is 15.1.